The molecule has 0 amide bonds. The summed E-state index contributed by atoms with van der Waals surface area (Å²) in [6.07, 6.45) is 1.70. The summed E-state index contributed by atoms with van der Waals surface area (Å²) >= 11 is 1.88. The third-order valence-corrected chi connectivity index (χ3v) is 3.71. The second-order valence-electron chi connectivity index (χ2n) is 3.55. The van der Waals surface area contributed by atoms with Crippen LogP contribution in [0.1, 0.15) is 6.92 Å². The number of benzene rings is 1. The lowest BCUT2D eigenvalue weighted by Crippen LogP contribution is -2.21. The summed E-state index contributed by atoms with van der Waals surface area (Å²) in [6.45, 7) is 2.81. The monoisotopic (exact) mass is 222 g/mol. The van der Waals surface area contributed by atoms with Crippen molar-refractivity contribution < 1.29 is 9.39 Å². The van der Waals surface area contributed by atoms with Crippen LogP contribution in [0.2, 0.25) is 6.32 Å². The normalized spacial score (nSPS) is 20.6. The van der Waals surface area contributed by atoms with E-state index >= 15 is 0 Å². The van der Waals surface area contributed by atoms with E-state index in [2.05, 4.69) is 6.92 Å². The Kier molecular flexibility index (Phi) is 3.97. The molecule has 1 aromatic rings. The lowest BCUT2D eigenvalue weighted by molar-refractivity contribution is 0.156. The van der Waals surface area contributed by atoms with E-state index in [4.69, 9.17) is 9.39 Å². The molecule has 0 saturated carbocycles. The van der Waals surface area contributed by atoms with Crippen molar-refractivity contribution in [2.24, 2.45) is 0 Å². The molecule has 0 spiro atoms. The lowest BCUT2D eigenvalue weighted by Gasteiger charge is -2.12. The number of para-hydroxylation sites is 1. The van der Waals surface area contributed by atoms with E-state index in [1.807, 2.05) is 41.9 Å². The summed E-state index contributed by atoms with van der Waals surface area (Å²) in [6, 6.07) is 9.89. The number of ether oxygens (including phenoxy) is 1. The molecule has 1 aliphatic heterocycles. The van der Waals surface area contributed by atoms with Crippen LogP contribution in [0.3, 0.4) is 0 Å². The average Bonchev–Trinajstić information content (AvgIpc) is 2.76. The molecule has 1 heterocycles. The highest BCUT2D eigenvalue weighted by Crippen LogP contribution is 2.24. The van der Waals surface area contributed by atoms with Gasteiger partial charge < -0.3 is 9.39 Å². The molecule has 1 aliphatic rings. The highest BCUT2D eigenvalue weighted by Gasteiger charge is 2.28. The molecular weight excluding hydrogens is 207 g/mol. The Labute approximate surface area is 95.4 Å². The maximum atomic E-state index is 5.77. The van der Waals surface area contributed by atoms with Gasteiger partial charge in [0.05, 0.1) is 6.10 Å². The van der Waals surface area contributed by atoms with Crippen molar-refractivity contribution in [2.75, 3.05) is 12.4 Å². The van der Waals surface area contributed by atoms with Gasteiger partial charge in [-0.15, -0.1) is 0 Å². The van der Waals surface area contributed by atoms with E-state index in [0.29, 0.717) is 12.8 Å². The molecule has 0 aromatic heterocycles. The van der Waals surface area contributed by atoms with Crippen molar-refractivity contribution in [1.29, 1.82) is 0 Å². The number of rotatable bonds is 4. The fourth-order valence-corrected chi connectivity index (χ4v) is 2.59. The van der Waals surface area contributed by atoms with Gasteiger partial charge in [-0.05, 0) is 18.5 Å². The van der Waals surface area contributed by atoms with Crippen LogP contribution in [0.15, 0.2) is 30.3 Å². The molecule has 0 aliphatic carbocycles. The van der Waals surface area contributed by atoms with E-state index in [9.17, 15) is 0 Å². The van der Waals surface area contributed by atoms with Crippen LogP contribution in [0.25, 0.3) is 0 Å². The van der Waals surface area contributed by atoms with Crippen molar-refractivity contribution in [1.82, 2.24) is 0 Å². The standard InChI is InChI=1S/C11H15BO2S/c1-2-12-14-11(9-15-12)8-13-10-6-4-3-5-7-10/h3-7,11H,2,8-9H2,1H3. The van der Waals surface area contributed by atoms with Crippen LogP contribution in [-0.2, 0) is 4.65 Å². The van der Waals surface area contributed by atoms with Crippen LogP contribution < -0.4 is 4.74 Å². The molecule has 0 bridgehead atoms. The van der Waals surface area contributed by atoms with E-state index in [1.54, 1.807) is 0 Å². The minimum atomic E-state index is 0.250. The molecule has 1 unspecified atom stereocenters. The highest BCUT2D eigenvalue weighted by atomic mass is 32.2. The SMILES string of the molecule is CCB1OC(COc2ccccc2)CS1. The van der Waals surface area contributed by atoms with Crippen molar-refractivity contribution in [2.45, 2.75) is 19.3 Å². The summed E-state index contributed by atoms with van der Waals surface area (Å²) in [4.78, 5) is 0. The lowest BCUT2D eigenvalue weighted by atomic mass is 9.95. The average molecular weight is 222 g/mol. The van der Waals surface area contributed by atoms with Crippen LogP contribution in [-0.4, -0.2) is 24.7 Å². The Morgan fingerprint density at radius 1 is 1.47 bits per heavy atom. The molecular formula is C11H15BO2S. The summed E-state index contributed by atoms with van der Waals surface area (Å²) in [5.74, 6) is 1.97. The van der Waals surface area contributed by atoms with Gasteiger partial charge in [0.2, 0.25) is 0 Å². The zero-order chi connectivity index (χ0) is 10.5. The molecule has 1 fully saturated rings. The molecule has 1 atom stereocenters. The van der Waals surface area contributed by atoms with Gasteiger partial charge in [0, 0.05) is 5.75 Å². The molecule has 4 heteroatoms. The molecule has 15 heavy (non-hydrogen) atoms. The van der Waals surface area contributed by atoms with Gasteiger partial charge in [0.25, 0.3) is 0 Å². The first-order chi connectivity index (χ1) is 7.38. The highest BCUT2D eigenvalue weighted by molar-refractivity contribution is 8.25. The van der Waals surface area contributed by atoms with E-state index in [0.717, 1.165) is 17.8 Å². The van der Waals surface area contributed by atoms with E-state index < -0.39 is 0 Å². The molecule has 1 saturated heterocycles. The van der Waals surface area contributed by atoms with Crippen LogP contribution in [0.4, 0.5) is 0 Å². The maximum Gasteiger partial charge on any atom is 0.361 e. The quantitative estimate of drug-likeness (QED) is 0.729. The fraction of sp³-hybridized carbons (Fsp3) is 0.455. The van der Waals surface area contributed by atoms with Crippen molar-refractivity contribution in [3.05, 3.63) is 30.3 Å². The summed E-state index contributed by atoms with van der Waals surface area (Å²) < 4.78 is 11.4. The first-order valence-corrected chi connectivity index (χ1v) is 6.38. The Hall–Kier alpha value is -0.605. The fourth-order valence-electron chi connectivity index (χ4n) is 1.52. The Balaban J connectivity index is 1.75. The molecule has 2 nitrogen and oxygen atoms in total. The topological polar surface area (TPSA) is 18.5 Å². The van der Waals surface area contributed by atoms with Crippen molar-refractivity contribution >= 4 is 17.8 Å². The Morgan fingerprint density at radius 3 is 2.93 bits per heavy atom. The van der Waals surface area contributed by atoms with Crippen LogP contribution in [0.5, 0.6) is 5.75 Å². The number of hydrogen-bond acceptors (Lipinski definition) is 3. The van der Waals surface area contributed by atoms with Gasteiger partial charge in [0.1, 0.15) is 12.4 Å². The van der Waals surface area contributed by atoms with Gasteiger partial charge in [-0.1, -0.05) is 25.1 Å². The molecule has 0 radical (unpaired) electrons. The van der Waals surface area contributed by atoms with Gasteiger partial charge in [-0.2, -0.15) is 11.6 Å². The smallest absolute Gasteiger partial charge is 0.361 e. The third kappa shape index (κ3) is 3.18. The van der Waals surface area contributed by atoms with Crippen molar-refractivity contribution in [3.8, 4) is 5.75 Å². The van der Waals surface area contributed by atoms with Crippen LogP contribution in [0, 0.1) is 0 Å². The first-order valence-electron chi connectivity index (χ1n) is 5.33. The predicted molar refractivity (Wildman–Crippen MR) is 65.5 cm³/mol. The second-order valence-corrected chi connectivity index (χ2v) is 4.75. The largest absolute Gasteiger partial charge is 0.491 e. The van der Waals surface area contributed by atoms with Crippen LogP contribution >= 0.6 is 11.6 Å². The third-order valence-electron chi connectivity index (χ3n) is 2.32. The van der Waals surface area contributed by atoms with Gasteiger partial charge >= 0.3 is 6.19 Å². The van der Waals surface area contributed by atoms with E-state index in [1.165, 1.54) is 0 Å². The van der Waals surface area contributed by atoms with E-state index in [-0.39, 0.29) is 6.10 Å². The Bertz CT molecular complexity index is 294. The second kappa shape index (κ2) is 5.47. The van der Waals surface area contributed by atoms with Gasteiger partial charge in [-0.3, -0.25) is 0 Å². The molecule has 1 aromatic carbocycles. The zero-order valence-electron chi connectivity index (χ0n) is 8.89. The summed E-state index contributed by atoms with van der Waals surface area (Å²) in [5.41, 5.74) is 0. The molecule has 80 valence electrons. The minimum Gasteiger partial charge on any atom is -0.491 e. The predicted octanol–water partition coefficient (Wildman–Crippen LogP) is 2.71. The molecule has 0 N–H and O–H groups in total. The van der Waals surface area contributed by atoms with Gasteiger partial charge in [-0.25, -0.2) is 0 Å². The number of hydrogen-bond donors (Lipinski definition) is 0. The van der Waals surface area contributed by atoms with Gasteiger partial charge in [0.15, 0.2) is 0 Å². The summed E-state index contributed by atoms with van der Waals surface area (Å²) in [5, 5.41) is 0. The zero-order valence-corrected chi connectivity index (χ0v) is 9.70. The first kappa shape index (κ1) is 10.9. The molecule has 2 rings (SSSR count). The Morgan fingerprint density at radius 2 is 2.27 bits per heavy atom. The minimum absolute atomic E-state index is 0.250. The van der Waals surface area contributed by atoms with Crippen molar-refractivity contribution in [3.63, 3.8) is 0 Å². The summed E-state index contributed by atoms with van der Waals surface area (Å²) in [7, 11) is 0. The maximum absolute atomic E-state index is 5.77.